The highest BCUT2D eigenvalue weighted by atomic mass is 32.1. The van der Waals surface area contributed by atoms with Crippen molar-refractivity contribution in [2.45, 2.75) is 12.8 Å². The zero-order chi connectivity index (χ0) is 13.9. The molecule has 0 radical (unpaired) electrons. The molecule has 2 N–H and O–H groups in total. The minimum atomic E-state index is 0.432. The number of nitrogens with zero attached hydrogens (tertiary/aromatic N) is 1. The van der Waals surface area contributed by atoms with Crippen LogP contribution >= 0.6 is 12.2 Å². The van der Waals surface area contributed by atoms with E-state index >= 15 is 0 Å². The molecule has 1 saturated heterocycles. The number of rotatable bonds is 10. The van der Waals surface area contributed by atoms with Gasteiger partial charge < -0.3 is 24.8 Å². The highest BCUT2D eigenvalue weighted by Gasteiger charge is 2.20. The third-order valence-electron chi connectivity index (χ3n) is 3.35. The van der Waals surface area contributed by atoms with Crippen LogP contribution < -0.4 is 5.73 Å². The van der Waals surface area contributed by atoms with Crippen LogP contribution in [0.5, 0.6) is 0 Å². The monoisotopic (exact) mass is 290 g/mol. The van der Waals surface area contributed by atoms with Gasteiger partial charge in [0, 0.05) is 19.6 Å². The third kappa shape index (κ3) is 7.79. The van der Waals surface area contributed by atoms with Crippen LogP contribution in [0.1, 0.15) is 12.8 Å². The lowest BCUT2D eigenvalue weighted by molar-refractivity contribution is 0.0179. The molecule has 6 heteroatoms. The number of methoxy groups -OCH3 is 1. The topological polar surface area (TPSA) is 57.0 Å². The molecule has 0 atom stereocenters. The summed E-state index contributed by atoms with van der Waals surface area (Å²) in [6, 6.07) is 0. The quantitative estimate of drug-likeness (QED) is 0.471. The first kappa shape index (κ1) is 16.8. The Labute approximate surface area is 121 Å². The largest absolute Gasteiger partial charge is 0.393 e. The van der Waals surface area contributed by atoms with Gasteiger partial charge in [-0.25, -0.2) is 0 Å². The summed E-state index contributed by atoms with van der Waals surface area (Å²) in [6.07, 6.45) is 2.16. The fourth-order valence-electron chi connectivity index (χ4n) is 2.10. The smallest absolute Gasteiger partial charge is 0.0759 e. The molecule has 1 aliphatic rings. The second-order valence-electron chi connectivity index (χ2n) is 4.74. The Hall–Kier alpha value is -0.270. The Morgan fingerprint density at radius 3 is 2.26 bits per heavy atom. The number of nitrogens with two attached hydrogens (primary N) is 1. The molecule has 1 heterocycles. The van der Waals surface area contributed by atoms with E-state index in [1.54, 1.807) is 7.11 Å². The van der Waals surface area contributed by atoms with E-state index in [4.69, 9.17) is 32.2 Å². The molecule has 112 valence electrons. The van der Waals surface area contributed by atoms with Crippen LogP contribution in [-0.4, -0.2) is 69.7 Å². The summed E-state index contributed by atoms with van der Waals surface area (Å²) in [4.78, 5) is 3.07. The van der Waals surface area contributed by atoms with Gasteiger partial charge in [0.1, 0.15) is 0 Å². The summed E-state index contributed by atoms with van der Waals surface area (Å²) in [5.41, 5.74) is 5.67. The second-order valence-corrected chi connectivity index (χ2v) is 5.21. The highest BCUT2D eigenvalue weighted by Crippen LogP contribution is 2.16. The van der Waals surface area contributed by atoms with Crippen molar-refractivity contribution in [1.82, 2.24) is 4.90 Å². The molecule has 0 unspecified atom stereocenters. The molecule has 1 rings (SSSR count). The Morgan fingerprint density at radius 2 is 1.68 bits per heavy atom. The number of ether oxygens (including phenoxy) is 3. The first-order chi connectivity index (χ1) is 9.24. The first-order valence-electron chi connectivity index (χ1n) is 6.90. The lowest BCUT2D eigenvalue weighted by Crippen LogP contribution is -2.39. The Kier molecular flexibility index (Phi) is 9.28. The van der Waals surface area contributed by atoms with Gasteiger partial charge in [-0.1, -0.05) is 12.2 Å². The minimum Gasteiger partial charge on any atom is -0.393 e. The Morgan fingerprint density at radius 1 is 1.11 bits per heavy atom. The van der Waals surface area contributed by atoms with Crippen molar-refractivity contribution in [3.63, 3.8) is 0 Å². The van der Waals surface area contributed by atoms with Crippen LogP contribution in [0.15, 0.2) is 0 Å². The minimum absolute atomic E-state index is 0.432. The van der Waals surface area contributed by atoms with Crippen LogP contribution in [0.3, 0.4) is 0 Å². The Bertz CT molecular complexity index is 246. The lowest BCUT2D eigenvalue weighted by Gasteiger charge is -2.31. The summed E-state index contributed by atoms with van der Waals surface area (Å²) >= 11 is 5.03. The predicted molar refractivity (Wildman–Crippen MR) is 79.5 cm³/mol. The van der Waals surface area contributed by atoms with E-state index in [-0.39, 0.29) is 0 Å². The lowest BCUT2D eigenvalue weighted by atomic mass is 9.97. The molecule has 0 aliphatic carbocycles. The standard InChI is InChI=1S/C13H26N2O3S/c1-16-8-9-18-11-10-17-7-6-15-4-2-12(3-5-15)13(14)19/h12H,2-11H2,1H3,(H2,14,19). The van der Waals surface area contributed by atoms with Crippen LogP contribution in [0.2, 0.25) is 0 Å². The molecule has 0 amide bonds. The maximum atomic E-state index is 5.67. The van der Waals surface area contributed by atoms with Crippen LogP contribution in [-0.2, 0) is 14.2 Å². The number of likely N-dealkylation sites (tertiary alicyclic amines) is 1. The second kappa shape index (κ2) is 10.5. The van der Waals surface area contributed by atoms with Gasteiger partial charge in [-0.05, 0) is 25.9 Å². The van der Waals surface area contributed by atoms with Crippen molar-refractivity contribution < 1.29 is 14.2 Å². The van der Waals surface area contributed by atoms with E-state index < -0.39 is 0 Å². The number of piperidine rings is 1. The zero-order valence-electron chi connectivity index (χ0n) is 11.8. The predicted octanol–water partition coefficient (Wildman–Crippen LogP) is 0.664. The average Bonchev–Trinajstić information content (AvgIpc) is 2.42. The number of hydrogen-bond acceptors (Lipinski definition) is 5. The van der Waals surface area contributed by atoms with Crippen molar-refractivity contribution in [1.29, 1.82) is 0 Å². The highest BCUT2D eigenvalue weighted by molar-refractivity contribution is 7.80. The molecular weight excluding hydrogens is 264 g/mol. The SMILES string of the molecule is COCCOCCOCCN1CCC(C(N)=S)CC1. The van der Waals surface area contributed by atoms with Gasteiger partial charge in [0.15, 0.2) is 0 Å². The van der Waals surface area contributed by atoms with Gasteiger partial charge >= 0.3 is 0 Å². The number of thiocarbonyl (C=S) groups is 1. The summed E-state index contributed by atoms with van der Waals surface area (Å²) < 4.78 is 15.7. The fraction of sp³-hybridized carbons (Fsp3) is 0.923. The zero-order valence-corrected chi connectivity index (χ0v) is 12.6. The van der Waals surface area contributed by atoms with Gasteiger partial charge in [0.05, 0.1) is 38.0 Å². The third-order valence-corrected chi connectivity index (χ3v) is 3.68. The van der Waals surface area contributed by atoms with Crippen molar-refractivity contribution in [3.05, 3.63) is 0 Å². The molecule has 19 heavy (non-hydrogen) atoms. The molecule has 1 fully saturated rings. The maximum absolute atomic E-state index is 5.67. The molecular formula is C13H26N2O3S. The normalized spacial score (nSPS) is 17.7. The molecule has 0 bridgehead atoms. The summed E-state index contributed by atoms with van der Waals surface area (Å²) in [7, 11) is 1.67. The summed E-state index contributed by atoms with van der Waals surface area (Å²) in [6.45, 7) is 6.41. The van der Waals surface area contributed by atoms with Crippen molar-refractivity contribution >= 4 is 17.2 Å². The molecule has 5 nitrogen and oxygen atoms in total. The van der Waals surface area contributed by atoms with E-state index in [0.717, 1.165) is 39.1 Å². The molecule has 0 spiro atoms. The van der Waals surface area contributed by atoms with E-state index in [0.29, 0.717) is 37.3 Å². The Balaban J connectivity index is 1.89. The van der Waals surface area contributed by atoms with Crippen molar-refractivity contribution in [2.24, 2.45) is 11.7 Å². The fourth-order valence-corrected chi connectivity index (χ4v) is 2.33. The van der Waals surface area contributed by atoms with Crippen LogP contribution in [0.4, 0.5) is 0 Å². The molecule has 0 aromatic rings. The first-order valence-corrected chi connectivity index (χ1v) is 7.31. The van der Waals surface area contributed by atoms with E-state index in [9.17, 15) is 0 Å². The molecule has 0 saturated carbocycles. The van der Waals surface area contributed by atoms with Gasteiger partial charge in [-0.15, -0.1) is 0 Å². The summed E-state index contributed by atoms with van der Waals surface area (Å²) in [5, 5.41) is 0. The van der Waals surface area contributed by atoms with Gasteiger partial charge in [0.2, 0.25) is 0 Å². The summed E-state index contributed by atoms with van der Waals surface area (Å²) in [5.74, 6) is 0.432. The van der Waals surface area contributed by atoms with Crippen molar-refractivity contribution in [3.8, 4) is 0 Å². The average molecular weight is 290 g/mol. The molecule has 1 aliphatic heterocycles. The van der Waals surface area contributed by atoms with Crippen LogP contribution in [0, 0.1) is 5.92 Å². The maximum Gasteiger partial charge on any atom is 0.0759 e. The van der Waals surface area contributed by atoms with E-state index in [1.165, 1.54) is 0 Å². The van der Waals surface area contributed by atoms with E-state index in [1.807, 2.05) is 0 Å². The van der Waals surface area contributed by atoms with Gasteiger partial charge in [-0.3, -0.25) is 0 Å². The molecule has 0 aromatic carbocycles. The van der Waals surface area contributed by atoms with Crippen molar-refractivity contribution in [2.75, 3.05) is 59.8 Å². The van der Waals surface area contributed by atoms with Gasteiger partial charge in [-0.2, -0.15) is 0 Å². The van der Waals surface area contributed by atoms with E-state index in [2.05, 4.69) is 4.90 Å². The molecule has 0 aromatic heterocycles. The van der Waals surface area contributed by atoms with Gasteiger partial charge in [0.25, 0.3) is 0 Å². The van der Waals surface area contributed by atoms with Crippen LogP contribution in [0.25, 0.3) is 0 Å². The number of hydrogen-bond donors (Lipinski definition) is 1.